The van der Waals surface area contributed by atoms with Crippen molar-refractivity contribution in [3.8, 4) is 17.3 Å². The monoisotopic (exact) mass is 497 g/mol. The van der Waals surface area contributed by atoms with E-state index in [0.29, 0.717) is 31.3 Å². The SMILES string of the molecule is Cc1nn(-c2ccccc2)c(Oc2cccc(F)c2)c1CN(C[C@H](O)COC(C)C)C[C@H]1CCCO1. The van der Waals surface area contributed by atoms with Crippen LogP contribution in [0.25, 0.3) is 5.69 Å². The molecule has 194 valence electrons. The molecule has 1 N–H and O–H groups in total. The number of aliphatic hydroxyl groups excluding tert-OH is 1. The molecule has 7 nitrogen and oxygen atoms in total. The van der Waals surface area contributed by atoms with Gasteiger partial charge in [0.1, 0.15) is 11.6 Å². The van der Waals surface area contributed by atoms with Crippen LogP contribution in [0.1, 0.15) is 37.9 Å². The zero-order chi connectivity index (χ0) is 25.5. The summed E-state index contributed by atoms with van der Waals surface area (Å²) in [5.41, 5.74) is 2.52. The van der Waals surface area contributed by atoms with Gasteiger partial charge in [0, 0.05) is 32.3 Å². The van der Waals surface area contributed by atoms with Gasteiger partial charge in [-0.3, -0.25) is 4.90 Å². The van der Waals surface area contributed by atoms with Crippen LogP contribution in [0, 0.1) is 12.7 Å². The molecule has 1 saturated heterocycles. The normalized spacial score (nSPS) is 16.7. The van der Waals surface area contributed by atoms with Crippen LogP contribution in [0.4, 0.5) is 4.39 Å². The van der Waals surface area contributed by atoms with Gasteiger partial charge in [0.2, 0.25) is 5.88 Å². The molecular formula is C28H36FN3O4. The molecule has 36 heavy (non-hydrogen) atoms. The summed E-state index contributed by atoms with van der Waals surface area (Å²) in [4.78, 5) is 2.17. The molecule has 4 rings (SSSR count). The first-order valence-corrected chi connectivity index (χ1v) is 12.6. The molecular weight excluding hydrogens is 461 g/mol. The minimum absolute atomic E-state index is 0.0453. The first-order valence-electron chi connectivity index (χ1n) is 12.6. The highest BCUT2D eigenvalue weighted by molar-refractivity contribution is 5.43. The highest BCUT2D eigenvalue weighted by Gasteiger charge is 2.26. The summed E-state index contributed by atoms with van der Waals surface area (Å²) in [6, 6.07) is 15.8. The van der Waals surface area contributed by atoms with E-state index in [2.05, 4.69) is 4.90 Å². The van der Waals surface area contributed by atoms with Crippen molar-refractivity contribution in [1.82, 2.24) is 14.7 Å². The molecule has 0 spiro atoms. The Kier molecular flexibility index (Phi) is 9.09. The zero-order valence-corrected chi connectivity index (χ0v) is 21.3. The summed E-state index contributed by atoms with van der Waals surface area (Å²) in [7, 11) is 0. The number of ether oxygens (including phenoxy) is 3. The van der Waals surface area contributed by atoms with Gasteiger partial charge in [-0.15, -0.1) is 0 Å². The van der Waals surface area contributed by atoms with E-state index in [4.69, 9.17) is 19.3 Å². The fourth-order valence-electron chi connectivity index (χ4n) is 4.37. The fourth-order valence-corrected chi connectivity index (χ4v) is 4.37. The van der Waals surface area contributed by atoms with Gasteiger partial charge in [0.15, 0.2) is 0 Å². The molecule has 0 unspecified atom stereocenters. The molecule has 2 aromatic carbocycles. The van der Waals surface area contributed by atoms with Gasteiger partial charge >= 0.3 is 0 Å². The maximum absolute atomic E-state index is 13.9. The van der Waals surface area contributed by atoms with Crippen LogP contribution < -0.4 is 4.74 Å². The first kappa shape index (κ1) is 26.3. The Morgan fingerprint density at radius 1 is 1.19 bits per heavy atom. The van der Waals surface area contributed by atoms with Crippen molar-refractivity contribution in [2.45, 2.75) is 58.5 Å². The predicted molar refractivity (Wildman–Crippen MR) is 136 cm³/mol. The highest BCUT2D eigenvalue weighted by Crippen LogP contribution is 2.32. The van der Waals surface area contributed by atoms with E-state index in [0.717, 1.165) is 36.4 Å². The van der Waals surface area contributed by atoms with Crippen molar-refractivity contribution in [3.05, 3.63) is 71.7 Å². The molecule has 0 radical (unpaired) electrons. The number of aryl methyl sites for hydroxylation is 1. The quantitative estimate of drug-likeness (QED) is 0.385. The maximum atomic E-state index is 13.9. The van der Waals surface area contributed by atoms with E-state index in [1.165, 1.54) is 12.1 Å². The third kappa shape index (κ3) is 7.13. The predicted octanol–water partition coefficient (Wildman–Crippen LogP) is 4.88. The van der Waals surface area contributed by atoms with E-state index in [1.54, 1.807) is 16.8 Å². The maximum Gasteiger partial charge on any atom is 0.227 e. The van der Waals surface area contributed by atoms with E-state index in [1.807, 2.05) is 51.1 Å². The van der Waals surface area contributed by atoms with Crippen molar-refractivity contribution in [3.63, 3.8) is 0 Å². The summed E-state index contributed by atoms with van der Waals surface area (Å²) in [6.45, 7) is 8.45. The molecule has 0 saturated carbocycles. The molecule has 0 aliphatic carbocycles. The molecule has 2 heterocycles. The molecule has 2 atom stereocenters. The van der Waals surface area contributed by atoms with Gasteiger partial charge in [-0.2, -0.15) is 5.10 Å². The van der Waals surface area contributed by atoms with Crippen LogP contribution >= 0.6 is 0 Å². The lowest BCUT2D eigenvalue weighted by Gasteiger charge is -2.28. The second-order valence-electron chi connectivity index (χ2n) is 9.54. The number of aromatic nitrogens is 2. The van der Waals surface area contributed by atoms with Gasteiger partial charge in [0.05, 0.1) is 41.9 Å². The number of aliphatic hydroxyl groups is 1. The minimum Gasteiger partial charge on any atom is -0.438 e. The van der Waals surface area contributed by atoms with Gasteiger partial charge in [-0.05, 0) is 57.9 Å². The largest absolute Gasteiger partial charge is 0.438 e. The van der Waals surface area contributed by atoms with Gasteiger partial charge in [-0.25, -0.2) is 9.07 Å². The number of rotatable bonds is 12. The second-order valence-corrected chi connectivity index (χ2v) is 9.54. The average molecular weight is 498 g/mol. The molecule has 0 amide bonds. The zero-order valence-electron chi connectivity index (χ0n) is 21.3. The Morgan fingerprint density at radius 2 is 2.00 bits per heavy atom. The molecule has 0 bridgehead atoms. The summed E-state index contributed by atoms with van der Waals surface area (Å²) >= 11 is 0. The Bertz CT molecular complexity index is 1100. The molecule has 3 aromatic rings. The summed E-state index contributed by atoms with van der Waals surface area (Å²) in [5, 5.41) is 15.5. The average Bonchev–Trinajstić information content (AvgIpc) is 3.47. The number of hydrogen-bond acceptors (Lipinski definition) is 6. The number of nitrogens with zero attached hydrogens (tertiary/aromatic N) is 3. The Balaban J connectivity index is 1.65. The fraction of sp³-hybridized carbons (Fsp3) is 0.464. The lowest BCUT2D eigenvalue weighted by molar-refractivity contribution is -0.0173. The molecule has 1 aliphatic rings. The lowest BCUT2D eigenvalue weighted by atomic mass is 10.1. The Morgan fingerprint density at radius 3 is 2.69 bits per heavy atom. The Hall–Kier alpha value is -2.78. The second kappa shape index (κ2) is 12.5. The van der Waals surface area contributed by atoms with Crippen LogP contribution in [-0.4, -0.2) is 64.4 Å². The van der Waals surface area contributed by atoms with Crippen molar-refractivity contribution in [2.24, 2.45) is 0 Å². The Labute approximate surface area is 212 Å². The molecule has 1 aliphatic heterocycles. The number of para-hydroxylation sites is 1. The number of benzene rings is 2. The van der Waals surface area contributed by atoms with Gasteiger partial charge in [-0.1, -0.05) is 24.3 Å². The summed E-state index contributed by atoms with van der Waals surface area (Å²) in [6.07, 6.45) is 1.54. The molecule has 8 heteroatoms. The standard InChI is InChI=1S/C28H36FN3O4/c1-20(2)35-19-24(33)16-31(17-26-13-8-14-34-26)18-27-21(3)30-32(23-10-5-4-6-11-23)28(27)36-25-12-7-9-22(29)15-25/h4-7,9-12,15,20,24,26,33H,8,13-14,16-19H2,1-3H3/t24-,26+/m0/s1. The number of hydrogen-bond donors (Lipinski definition) is 1. The smallest absolute Gasteiger partial charge is 0.227 e. The molecule has 1 fully saturated rings. The van der Waals surface area contributed by atoms with Crippen molar-refractivity contribution >= 4 is 0 Å². The van der Waals surface area contributed by atoms with Crippen molar-refractivity contribution in [1.29, 1.82) is 0 Å². The number of halogens is 1. The van der Waals surface area contributed by atoms with E-state index < -0.39 is 6.10 Å². The van der Waals surface area contributed by atoms with Crippen LogP contribution in [0.15, 0.2) is 54.6 Å². The van der Waals surface area contributed by atoms with E-state index in [-0.39, 0.29) is 24.6 Å². The topological polar surface area (TPSA) is 69.0 Å². The van der Waals surface area contributed by atoms with Crippen LogP contribution in [0.2, 0.25) is 0 Å². The van der Waals surface area contributed by atoms with Crippen molar-refractivity contribution < 1.29 is 23.7 Å². The third-order valence-electron chi connectivity index (χ3n) is 6.11. The minimum atomic E-state index is -0.647. The van der Waals surface area contributed by atoms with Gasteiger partial charge < -0.3 is 19.3 Å². The first-order chi connectivity index (χ1) is 17.4. The van der Waals surface area contributed by atoms with Gasteiger partial charge in [0.25, 0.3) is 0 Å². The highest BCUT2D eigenvalue weighted by atomic mass is 19.1. The van der Waals surface area contributed by atoms with Crippen LogP contribution in [-0.2, 0) is 16.0 Å². The van der Waals surface area contributed by atoms with E-state index >= 15 is 0 Å². The van der Waals surface area contributed by atoms with E-state index in [9.17, 15) is 9.50 Å². The molecule has 1 aromatic heterocycles. The lowest BCUT2D eigenvalue weighted by Crippen LogP contribution is -2.39. The third-order valence-corrected chi connectivity index (χ3v) is 6.11. The summed E-state index contributed by atoms with van der Waals surface area (Å²) < 4.78 is 33.5. The van der Waals surface area contributed by atoms with Crippen molar-refractivity contribution in [2.75, 3.05) is 26.3 Å². The van der Waals surface area contributed by atoms with Crippen LogP contribution in [0.5, 0.6) is 11.6 Å². The van der Waals surface area contributed by atoms with Crippen LogP contribution in [0.3, 0.4) is 0 Å². The summed E-state index contributed by atoms with van der Waals surface area (Å²) in [5.74, 6) is 0.545.